The Kier molecular flexibility index (Phi) is 4.08. The average Bonchev–Trinajstić information content (AvgIpc) is 2.78. The van der Waals surface area contributed by atoms with Gasteiger partial charge in [0.2, 0.25) is 0 Å². The number of nitrogens with one attached hydrogen (secondary N) is 1. The minimum atomic E-state index is -0.573. The van der Waals surface area contributed by atoms with Crippen LogP contribution in [0, 0.1) is 22.9 Å². The highest BCUT2D eigenvalue weighted by Gasteiger charge is 2.18. The molecule has 0 atom stereocenters. The van der Waals surface area contributed by atoms with E-state index >= 15 is 0 Å². The van der Waals surface area contributed by atoms with E-state index in [-0.39, 0.29) is 15.9 Å². The topological polar surface area (TPSA) is 77.2 Å². The third-order valence-electron chi connectivity index (χ3n) is 2.95. The van der Waals surface area contributed by atoms with Crippen molar-refractivity contribution in [1.29, 1.82) is 0 Å². The molecule has 0 saturated carbocycles. The quantitative estimate of drug-likeness (QED) is 0.676. The van der Waals surface area contributed by atoms with Crippen LogP contribution in [0.15, 0.2) is 28.9 Å². The highest BCUT2D eigenvalue weighted by Crippen LogP contribution is 2.25. The third kappa shape index (κ3) is 3.10. The monoisotopic (exact) mass is 355 g/mol. The lowest BCUT2D eigenvalue weighted by Crippen LogP contribution is -2.16. The molecule has 0 radical (unpaired) electrons. The van der Waals surface area contributed by atoms with E-state index in [0.29, 0.717) is 11.3 Å². The molecule has 0 fully saturated rings. The summed E-state index contributed by atoms with van der Waals surface area (Å²) in [5.74, 6) is -0.938. The maximum absolute atomic E-state index is 13.3. The summed E-state index contributed by atoms with van der Waals surface area (Å²) >= 11 is 3.04. The molecule has 1 aromatic heterocycles. The Labute approximate surface area is 127 Å². The van der Waals surface area contributed by atoms with Gasteiger partial charge in [0.05, 0.1) is 15.6 Å². The molecule has 21 heavy (non-hydrogen) atoms. The molecule has 1 aromatic carbocycles. The van der Waals surface area contributed by atoms with Crippen molar-refractivity contribution in [2.24, 2.45) is 7.05 Å². The first kappa shape index (κ1) is 15.2. The Bertz CT molecular complexity index is 743. The molecule has 0 spiro atoms. The van der Waals surface area contributed by atoms with E-state index in [2.05, 4.69) is 21.2 Å². The molecule has 6 nitrogen and oxygen atoms in total. The van der Waals surface area contributed by atoms with Crippen LogP contribution in [0.25, 0.3) is 0 Å². The molecule has 110 valence electrons. The van der Waals surface area contributed by atoms with Gasteiger partial charge in [-0.05, 0) is 40.5 Å². The third-order valence-corrected chi connectivity index (χ3v) is 3.56. The van der Waals surface area contributed by atoms with Crippen molar-refractivity contribution in [3.63, 3.8) is 0 Å². The summed E-state index contributed by atoms with van der Waals surface area (Å²) in [5.41, 5.74) is 0.950. The summed E-state index contributed by atoms with van der Waals surface area (Å²) in [6.07, 6.45) is 1.25. The molecule has 2 rings (SSSR count). The standard InChI is InChI=1S/C13H11BrFN3O3/c1-7-3-10(15)9(14)5-11(7)16-13(19)12-4-8(18(20)21)6-17(12)2/h3-6H,1-2H3,(H,16,19). The molecule has 1 heterocycles. The van der Waals surface area contributed by atoms with Crippen LogP contribution in [0.1, 0.15) is 16.1 Å². The number of nitro groups is 1. The van der Waals surface area contributed by atoms with Crippen molar-refractivity contribution in [2.45, 2.75) is 6.92 Å². The second kappa shape index (κ2) is 5.65. The first-order chi connectivity index (χ1) is 9.79. The highest BCUT2D eigenvalue weighted by atomic mass is 79.9. The molecular weight excluding hydrogens is 345 g/mol. The van der Waals surface area contributed by atoms with Crippen LogP contribution in [-0.4, -0.2) is 15.4 Å². The Hall–Kier alpha value is -2.22. The maximum Gasteiger partial charge on any atom is 0.287 e. The zero-order chi connectivity index (χ0) is 15.7. The van der Waals surface area contributed by atoms with Gasteiger partial charge in [-0.3, -0.25) is 14.9 Å². The normalized spacial score (nSPS) is 10.5. The number of carbonyl (C=O) groups is 1. The van der Waals surface area contributed by atoms with Crippen LogP contribution in [0.2, 0.25) is 0 Å². The van der Waals surface area contributed by atoms with Crippen molar-refractivity contribution >= 4 is 33.2 Å². The Balaban J connectivity index is 2.30. The van der Waals surface area contributed by atoms with E-state index in [4.69, 9.17) is 0 Å². The van der Waals surface area contributed by atoms with Crippen LogP contribution >= 0.6 is 15.9 Å². The Morgan fingerprint density at radius 2 is 2.10 bits per heavy atom. The number of hydrogen-bond donors (Lipinski definition) is 1. The first-order valence-corrected chi connectivity index (χ1v) is 6.66. The van der Waals surface area contributed by atoms with Crippen molar-refractivity contribution in [3.05, 3.63) is 56.1 Å². The fourth-order valence-electron chi connectivity index (χ4n) is 1.84. The van der Waals surface area contributed by atoms with Crippen molar-refractivity contribution in [1.82, 2.24) is 4.57 Å². The van der Waals surface area contributed by atoms with Gasteiger partial charge < -0.3 is 9.88 Å². The largest absolute Gasteiger partial charge is 0.340 e. The van der Waals surface area contributed by atoms with Crippen molar-refractivity contribution < 1.29 is 14.1 Å². The highest BCUT2D eigenvalue weighted by molar-refractivity contribution is 9.10. The summed E-state index contributed by atoms with van der Waals surface area (Å²) < 4.78 is 14.9. The lowest BCUT2D eigenvalue weighted by Gasteiger charge is -2.09. The Morgan fingerprint density at radius 3 is 2.67 bits per heavy atom. The molecule has 0 saturated heterocycles. The number of halogens is 2. The van der Waals surface area contributed by atoms with Crippen LogP contribution in [0.4, 0.5) is 15.8 Å². The SMILES string of the molecule is Cc1cc(F)c(Br)cc1NC(=O)c1cc([N+](=O)[O-])cn1C. The minimum Gasteiger partial charge on any atom is -0.340 e. The summed E-state index contributed by atoms with van der Waals surface area (Å²) in [4.78, 5) is 22.3. The predicted molar refractivity (Wildman–Crippen MR) is 78.9 cm³/mol. The van der Waals surface area contributed by atoms with Gasteiger partial charge in [-0.25, -0.2) is 4.39 Å². The molecule has 1 N–H and O–H groups in total. The van der Waals surface area contributed by atoms with E-state index in [9.17, 15) is 19.3 Å². The van der Waals surface area contributed by atoms with E-state index in [1.165, 1.54) is 36.0 Å². The second-order valence-corrected chi connectivity index (χ2v) is 5.34. The fraction of sp³-hybridized carbons (Fsp3) is 0.154. The summed E-state index contributed by atoms with van der Waals surface area (Å²) in [5, 5.41) is 13.3. The molecule has 1 amide bonds. The summed E-state index contributed by atoms with van der Waals surface area (Å²) in [6.45, 7) is 1.65. The Morgan fingerprint density at radius 1 is 1.43 bits per heavy atom. The maximum atomic E-state index is 13.3. The number of aryl methyl sites for hydroxylation is 2. The van der Waals surface area contributed by atoms with E-state index in [1.807, 2.05) is 0 Å². The molecule has 0 aliphatic carbocycles. The fourth-order valence-corrected chi connectivity index (χ4v) is 2.18. The minimum absolute atomic E-state index is 0.140. The summed E-state index contributed by atoms with van der Waals surface area (Å²) in [6, 6.07) is 3.91. The number of aromatic nitrogens is 1. The number of anilines is 1. The number of benzene rings is 1. The van der Waals surface area contributed by atoms with Gasteiger partial charge in [0.25, 0.3) is 11.6 Å². The van der Waals surface area contributed by atoms with Gasteiger partial charge in [-0.15, -0.1) is 0 Å². The zero-order valence-corrected chi connectivity index (χ0v) is 12.8. The zero-order valence-electron chi connectivity index (χ0n) is 11.2. The second-order valence-electron chi connectivity index (χ2n) is 4.49. The lowest BCUT2D eigenvalue weighted by molar-refractivity contribution is -0.384. The number of rotatable bonds is 3. The molecule has 0 unspecified atom stereocenters. The van der Waals surface area contributed by atoms with E-state index in [1.54, 1.807) is 6.92 Å². The molecule has 2 aromatic rings. The average molecular weight is 356 g/mol. The molecular formula is C13H11BrFN3O3. The number of hydrogen-bond acceptors (Lipinski definition) is 3. The van der Waals surface area contributed by atoms with Gasteiger partial charge >= 0.3 is 0 Å². The van der Waals surface area contributed by atoms with E-state index in [0.717, 1.165) is 0 Å². The van der Waals surface area contributed by atoms with Crippen LogP contribution in [0.5, 0.6) is 0 Å². The van der Waals surface area contributed by atoms with Gasteiger partial charge in [0, 0.05) is 18.8 Å². The summed E-state index contributed by atoms with van der Waals surface area (Å²) in [7, 11) is 1.54. The predicted octanol–water partition coefficient (Wildman–Crippen LogP) is 3.40. The number of nitrogens with zero attached hydrogens (tertiary/aromatic N) is 2. The van der Waals surface area contributed by atoms with Crippen molar-refractivity contribution in [2.75, 3.05) is 5.32 Å². The lowest BCUT2D eigenvalue weighted by atomic mass is 10.2. The van der Waals surface area contributed by atoms with Gasteiger partial charge in [0.15, 0.2) is 0 Å². The molecule has 0 aliphatic heterocycles. The van der Waals surface area contributed by atoms with Crippen LogP contribution < -0.4 is 5.32 Å². The van der Waals surface area contributed by atoms with Crippen LogP contribution in [0.3, 0.4) is 0 Å². The first-order valence-electron chi connectivity index (χ1n) is 5.87. The molecule has 0 bridgehead atoms. The number of carbonyl (C=O) groups excluding carboxylic acids is 1. The molecule has 0 aliphatic rings. The number of amides is 1. The van der Waals surface area contributed by atoms with Gasteiger partial charge in [0.1, 0.15) is 11.5 Å². The smallest absolute Gasteiger partial charge is 0.287 e. The molecule has 8 heteroatoms. The van der Waals surface area contributed by atoms with E-state index < -0.39 is 16.6 Å². The van der Waals surface area contributed by atoms with Crippen molar-refractivity contribution in [3.8, 4) is 0 Å². The van der Waals surface area contributed by atoms with Crippen LogP contribution in [-0.2, 0) is 7.05 Å². The van der Waals surface area contributed by atoms with Gasteiger partial charge in [-0.1, -0.05) is 0 Å². The van der Waals surface area contributed by atoms with Gasteiger partial charge in [-0.2, -0.15) is 0 Å².